The average Bonchev–Trinajstić information content (AvgIpc) is 2.26. The van der Waals surface area contributed by atoms with Crippen LogP contribution in [0.4, 0.5) is 0 Å². The van der Waals surface area contributed by atoms with E-state index in [-0.39, 0.29) is 10.5 Å². The standard InChI is InChI=1S/C10H12O5S/c1-15-10(12)9(11)7-5-3-4-6-8(7)16(2,13)14/h3-6,9,11H,1-2H3. The highest BCUT2D eigenvalue weighted by atomic mass is 32.2. The zero-order valence-electron chi connectivity index (χ0n) is 8.88. The molecular weight excluding hydrogens is 232 g/mol. The van der Waals surface area contributed by atoms with Gasteiger partial charge in [-0.2, -0.15) is 0 Å². The summed E-state index contributed by atoms with van der Waals surface area (Å²) in [6.07, 6.45) is -0.577. The highest BCUT2D eigenvalue weighted by Gasteiger charge is 2.24. The normalized spacial score (nSPS) is 13.2. The minimum Gasteiger partial charge on any atom is -0.467 e. The predicted octanol–water partition coefficient (Wildman–Crippen LogP) is 0.296. The van der Waals surface area contributed by atoms with Crippen molar-refractivity contribution >= 4 is 15.8 Å². The predicted molar refractivity (Wildman–Crippen MR) is 56.5 cm³/mol. The maximum Gasteiger partial charge on any atom is 0.339 e. The Morgan fingerprint density at radius 2 is 1.94 bits per heavy atom. The Morgan fingerprint density at radius 3 is 2.44 bits per heavy atom. The van der Waals surface area contributed by atoms with E-state index in [1.807, 2.05) is 0 Å². The van der Waals surface area contributed by atoms with Crippen molar-refractivity contribution in [2.75, 3.05) is 13.4 Å². The van der Waals surface area contributed by atoms with E-state index in [1.165, 1.54) is 24.3 Å². The van der Waals surface area contributed by atoms with E-state index in [4.69, 9.17) is 0 Å². The van der Waals surface area contributed by atoms with Crippen LogP contribution in [0.5, 0.6) is 0 Å². The van der Waals surface area contributed by atoms with Gasteiger partial charge in [-0.15, -0.1) is 0 Å². The van der Waals surface area contributed by atoms with Crippen molar-refractivity contribution in [2.24, 2.45) is 0 Å². The number of carbonyl (C=O) groups excluding carboxylic acids is 1. The number of benzene rings is 1. The fraction of sp³-hybridized carbons (Fsp3) is 0.300. The first-order valence-electron chi connectivity index (χ1n) is 4.43. The van der Waals surface area contributed by atoms with Crippen molar-refractivity contribution < 1.29 is 23.1 Å². The molecule has 1 unspecified atom stereocenters. The van der Waals surface area contributed by atoms with E-state index in [9.17, 15) is 18.3 Å². The molecule has 0 bridgehead atoms. The summed E-state index contributed by atoms with van der Waals surface area (Å²) in [4.78, 5) is 11.0. The van der Waals surface area contributed by atoms with Crippen LogP contribution >= 0.6 is 0 Å². The van der Waals surface area contributed by atoms with Crippen LogP contribution in [-0.4, -0.2) is 32.9 Å². The highest BCUT2D eigenvalue weighted by molar-refractivity contribution is 7.90. The number of ether oxygens (including phenoxy) is 1. The van der Waals surface area contributed by atoms with Gasteiger partial charge in [0.05, 0.1) is 12.0 Å². The summed E-state index contributed by atoms with van der Waals surface area (Å²) in [5.74, 6) is -0.892. The Hall–Kier alpha value is -1.40. The first-order chi connectivity index (χ1) is 7.38. The van der Waals surface area contributed by atoms with E-state index in [0.29, 0.717) is 0 Å². The number of methoxy groups -OCH3 is 1. The smallest absolute Gasteiger partial charge is 0.339 e. The lowest BCUT2D eigenvalue weighted by Crippen LogP contribution is -2.16. The van der Waals surface area contributed by atoms with Crippen molar-refractivity contribution in [1.29, 1.82) is 0 Å². The molecule has 0 aliphatic rings. The van der Waals surface area contributed by atoms with Crippen molar-refractivity contribution in [3.63, 3.8) is 0 Å². The zero-order chi connectivity index (χ0) is 12.3. The molecule has 0 heterocycles. The van der Waals surface area contributed by atoms with E-state index in [1.54, 1.807) is 0 Å². The number of rotatable bonds is 3. The fourth-order valence-electron chi connectivity index (χ4n) is 1.28. The molecule has 1 rings (SSSR count). The maximum absolute atomic E-state index is 11.4. The Morgan fingerprint density at radius 1 is 1.38 bits per heavy atom. The largest absolute Gasteiger partial charge is 0.467 e. The van der Waals surface area contributed by atoms with Crippen LogP contribution in [-0.2, 0) is 19.4 Å². The van der Waals surface area contributed by atoms with E-state index >= 15 is 0 Å². The topological polar surface area (TPSA) is 80.7 Å². The molecular formula is C10H12O5S. The van der Waals surface area contributed by atoms with Crippen LogP contribution in [0.25, 0.3) is 0 Å². The van der Waals surface area contributed by atoms with Crippen molar-refractivity contribution in [1.82, 2.24) is 0 Å². The quantitative estimate of drug-likeness (QED) is 0.773. The van der Waals surface area contributed by atoms with Crippen LogP contribution in [0.3, 0.4) is 0 Å². The van der Waals surface area contributed by atoms with E-state index in [2.05, 4.69) is 4.74 Å². The second-order valence-corrected chi connectivity index (χ2v) is 5.22. The van der Waals surface area contributed by atoms with Gasteiger partial charge >= 0.3 is 5.97 Å². The second kappa shape index (κ2) is 4.63. The summed E-state index contributed by atoms with van der Waals surface area (Å²) < 4.78 is 27.2. The number of sulfone groups is 1. The lowest BCUT2D eigenvalue weighted by atomic mass is 10.1. The van der Waals surface area contributed by atoms with Gasteiger partial charge in [0, 0.05) is 11.8 Å². The van der Waals surface area contributed by atoms with Gasteiger partial charge in [0.2, 0.25) is 0 Å². The molecule has 1 atom stereocenters. The molecule has 6 heteroatoms. The van der Waals surface area contributed by atoms with Crippen LogP contribution in [0, 0.1) is 0 Å². The molecule has 0 spiro atoms. The van der Waals surface area contributed by atoms with Gasteiger partial charge in [-0.3, -0.25) is 0 Å². The van der Waals surface area contributed by atoms with Gasteiger partial charge in [0.15, 0.2) is 15.9 Å². The van der Waals surface area contributed by atoms with Crippen molar-refractivity contribution in [3.8, 4) is 0 Å². The third kappa shape index (κ3) is 2.59. The van der Waals surface area contributed by atoms with Crippen LogP contribution in [0.2, 0.25) is 0 Å². The lowest BCUT2D eigenvalue weighted by molar-refractivity contribution is -0.150. The molecule has 0 aliphatic heterocycles. The number of carbonyl (C=O) groups is 1. The number of aliphatic hydroxyl groups is 1. The minimum atomic E-state index is -3.49. The Bertz CT molecular complexity index is 492. The lowest BCUT2D eigenvalue weighted by Gasteiger charge is -2.12. The van der Waals surface area contributed by atoms with E-state index < -0.39 is 21.9 Å². The first-order valence-corrected chi connectivity index (χ1v) is 6.32. The zero-order valence-corrected chi connectivity index (χ0v) is 9.69. The van der Waals surface area contributed by atoms with Crippen LogP contribution in [0.1, 0.15) is 11.7 Å². The average molecular weight is 244 g/mol. The summed E-state index contributed by atoms with van der Waals surface area (Å²) in [5.41, 5.74) is 0.0249. The molecule has 0 saturated carbocycles. The summed E-state index contributed by atoms with van der Waals surface area (Å²) in [6.45, 7) is 0. The number of esters is 1. The molecule has 1 aromatic rings. The van der Waals surface area contributed by atoms with Gasteiger partial charge in [0.1, 0.15) is 0 Å². The molecule has 16 heavy (non-hydrogen) atoms. The third-order valence-electron chi connectivity index (χ3n) is 2.04. The number of hydrogen-bond donors (Lipinski definition) is 1. The summed E-state index contributed by atoms with van der Waals surface area (Å²) in [7, 11) is -2.37. The Kier molecular flexibility index (Phi) is 3.66. The van der Waals surface area contributed by atoms with E-state index in [0.717, 1.165) is 13.4 Å². The monoisotopic (exact) mass is 244 g/mol. The molecule has 1 aromatic carbocycles. The third-order valence-corrected chi connectivity index (χ3v) is 3.21. The first kappa shape index (κ1) is 12.7. The highest BCUT2D eigenvalue weighted by Crippen LogP contribution is 2.23. The Labute approximate surface area is 93.6 Å². The SMILES string of the molecule is COC(=O)C(O)c1ccccc1S(C)(=O)=O. The fourth-order valence-corrected chi connectivity index (χ4v) is 2.22. The van der Waals surface area contributed by atoms with Gasteiger partial charge in [-0.25, -0.2) is 13.2 Å². The van der Waals surface area contributed by atoms with Gasteiger partial charge in [0.25, 0.3) is 0 Å². The summed E-state index contributed by atoms with van der Waals surface area (Å²) in [6, 6.07) is 5.76. The molecule has 1 N–H and O–H groups in total. The van der Waals surface area contributed by atoms with Crippen LogP contribution in [0.15, 0.2) is 29.2 Å². The minimum absolute atomic E-state index is 0.0249. The number of hydrogen-bond acceptors (Lipinski definition) is 5. The molecule has 0 aliphatic carbocycles. The van der Waals surface area contributed by atoms with Crippen LogP contribution < -0.4 is 0 Å². The second-order valence-electron chi connectivity index (χ2n) is 3.24. The molecule has 0 fully saturated rings. The molecule has 0 saturated heterocycles. The Balaban J connectivity index is 3.30. The summed E-state index contributed by atoms with van der Waals surface area (Å²) in [5, 5.41) is 9.59. The van der Waals surface area contributed by atoms with Gasteiger partial charge in [-0.05, 0) is 6.07 Å². The van der Waals surface area contributed by atoms with Crippen molar-refractivity contribution in [3.05, 3.63) is 29.8 Å². The molecule has 0 radical (unpaired) electrons. The molecule has 0 aromatic heterocycles. The van der Waals surface area contributed by atoms with Gasteiger partial charge in [-0.1, -0.05) is 18.2 Å². The maximum atomic E-state index is 11.4. The molecule has 0 amide bonds. The summed E-state index contributed by atoms with van der Waals surface area (Å²) >= 11 is 0. The molecule has 88 valence electrons. The molecule has 5 nitrogen and oxygen atoms in total. The van der Waals surface area contributed by atoms with Crippen molar-refractivity contribution in [2.45, 2.75) is 11.0 Å². The number of aliphatic hydroxyl groups excluding tert-OH is 1. The van der Waals surface area contributed by atoms with Gasteiger partial charge < -0.3 is 9.84 Å².